The van der Waals surface area contributed by atoms with E-state index >= 15 is 0 Å². The molecule has 0 saturated carbocycles. The predicted molar refractivity (Wildman–Crippen MR) is 98.5 cm³/mol. The second-order valence-electron chi connectivity index (χ2n) is 5.61. The highest BCUT2D eigenvalue weighted by atomic mass is 32.2. The molecule has 0 saturated heterocycles. The van der Waals surface area contributed by atoms with Crippen LogP contribution in [0.2, 0.25) is 0 Å². The number of aliphatic carboxylic acids is 1. The van der Waals surface area contributed by atoms with Gasteiger partial charge in [-0.3, -0.25) is 4.72 Å². The molecule has 0 spiro atoms. The van der Waals surface area contributed by atoms with Gasteiger partial charge in [-0.2, -0.15) is 13.2 Å². The minimum absolute atomic E-state index is 0.00976. The summed E-state index contributed by atoms with van der Waals surface area (Å²) in [7, 11) is -1.98. The van der Waals surface area contributed by atoms with Gasteiger partial charge < -0.3 is 14.6 Å². The van der Waals surface area contributed by atoms with E-state index in [4.69, 9.17) is 14.6 Å². The summed E-state index contributed by atoms with van der Waals surface area (Å²) in [4.78, 5) is 10.3. The summed E-state index contributed by atoms with van der Waals surface area (Å²) < 4.78 is 76.5. The zero-order valence-corrected chi connectivity index (χ0v) is 16.0. The Bertz CT molecular complexity index is 1050. The van der Waals surface area contributed by atoms with Crippen LogP contribution >= 0.6 is 0 Å². The lowest BCUT2D eigenvalue weighted by molar-refractivity contribution is -0.137. The Balaban J connectivity index is 2.56. The van der Waals surface area contributed by atoms with E-state index in [-0.39, 0.29) is 22.7 Å². The van der Waals surface area contributed by atoms with Crippen LogP contribution in [0.3, 0.4) is 0 Å². The molecular formula is C18H16F3NO6S. The minimum atomic E-state index is -4.65. The molecular weight excluding hydrogens is 415 g/mol. The fourth-order valence-electron chi connectivity index (χ4n) is 2.38. The van der Waals surface area contributed by atoms with Crippen molar-refractivity contribution in [3.8, 4) is 11.5 Å². The number of anilines is 1. The highest BCUT2D eigenvalue weighted by molar-refractivity contribution is 7.92. The van der Waals surface area contributed by atoms with Crippen molar-refractivity contribution in [3.63, 3.8) is 0 Å². The summed E-state index contributed by atoms with van der Waals surface area (Å²) in [6.45, 7) is 0. The molecule has 0 aliphatic heterocycles. The molecule has 0 atom stereocenters. The van der Waals surface area contributed by atoms with Crippen LogP contribution in [-0.4, -0.2) is 33.7 Å². The number of carboxylic acid groups (broad SMARTS) is 1. The standard InChI is InChI=1S/C18H16F3NO6S/c1-27-14-8-11(6-7-16(23)24)9-15(17(14)28-2)29(25,26)22-13-5-3-4-12(10-13)18(19,20)21/h3-10,22H,1-2H3,(H,23,24)/b7-6+. The lowest BCUT2D eigenvalue weighted by atomic mass is 10.2. The number of rotatable bonds is 7. The van der Waals surface area contributed by atoms with Gasteiger partial charge in [0.1, 0.15) is 4.90 Å². The van der Waals surface area contributed by atoms with Crippen LogP contribution in [0.25, 0.3) is 6.08 Å². The molecule has 2 aromatic carbocycles. The minimum Gasteiger partial charge on any atom is -0.493 e. The number of carboxylic acids is 1. The van der Waals surface area contributed by atoms with Gasteiger partial charge in [-0.15, -0.1) is 0 Å². The first-order chi connectivity index (χ1) is 13.5. The number of sulfonamides is 1. The molecule has 156 valence electrons. The lowest BCUT2D eigenvalue weighted by Crippen LogP contribution is -2.15. The second kappa shape index (κ2) is 8.43. The Hall–Kier alpha value is -3.21. The summed E-state index contributed by atoms with van der Waals surface area (Å²) in [5.74, 6) is -1.46. The molecule has 2 rings (SSSR count). The number of carbonyl (C=O) groups is 1. The average Bonchev–Trinajstić information content (AvgIpc) is 2.64. The van der Waals surface area contributed by atoms with Gasteiger partial charge in [0.2, 0.25) is 0 Å². The van der Waals surface area contributed by atoms with Crippen molar-refractivity contribution < 1.29 is 41.0 Å². The maximum Gasteiger partial charge on any atom is 0.416 e. The van der Waals surface area contributed by atoms with Gasteiger partial charge in [0.15, 0.2) is 11.5 Å². The molecule has 0 aromatic heterocycles. The highest BCUT2D eigenvalue weighted by Crippen LogP contribution is 2.37. The molecule has 0 radical (unpaired) electrons. The lowest BCUT2D eigenvalue weighted by Gasteiger charge is -2.16. The second-order valence-corrected chi connectivity index (χ2v) is 7.26. The fourth-order valence-corrected chi connectivity index (χ4v) is 3.65. The normalized spacial score (nSPS) is 12.0. The first kappa shape index (κ1) is 22.1. The van der Waals surface area contributed by atoms with E-state index in [2.05, 4.69) is 4.72 Å². The molecule has 0 aliphatic rings. The number of hydrogen-bond donors (Lipinski definition) is 2. The molecule has 2 aromatic rings. The van der Waals surface area contributed by atoms with Gasteiger partial charge in [-0.1, -0.05) is 6.07 Å². The maximum absolute atomic E-state index is 12.9. The fraction of sp³-hybridized carbons (Fsp3) is 0.167. The quantitative estimate of drug-likeness (QED) is 0.650. The van der Waals surface area contributed by atoms with Crippen molar-refractivity contribution in [2.75, 3.05) is 18.9 Å². The monoisotopic (exact) mass is 431 g/mol. The number of ether oxygens (including phenoxy) is 2. The number of methoxy groups -OCH3 is 2. The van der Waals surface area contributed by atoms with Crippen LogP contribution in [-0.2, 0) is 21.0 Å². The van der Waals surface area contributed by atoms with Crippen LogP contribution < -0.4 is 14.2 Å². The maximum atomic E-state index is 12.9. The predicted octanol–water partition coefficient (Wildman–Crippen LogP) is 3.62. The Kier molecular flexibility index (Phi) is 6.42. The molecule has 29 heavy (non-hydrogen) atoms. The Labute approximate surface area is 164 Å². The molecule has 0 unspecified atom stereocenters. The number of alkyl halides is 3. The third-order valence-electron chi connectivity index (χ3n) is 3.62. The summed E-state index contributed by atoms with van der Waals surface area (Å²) in [5, 5.41) is 8.75. The van der Waals surface area contributed by atoms with Crippen LogP contribution in [0.15, 0.2) is 47.4 Å². The van der Waals surface area contributed by atoms with Crippen molar-refractivity contribution >= 4 is 27.8 Å². The van der Waals surface area contributed by atoms with Crippen molar-refractivity contribution in [1.29, 1.82) is 0 Å². The van der Waals surface area contributed by atoms with Crippen LogP contribution in [0.4, 0.5) is 18.9 Å². The third-order valence-corrected chi connectivity index (χ3v) is 5.00. The third kappa shape index (κ3) is 5.41. The summed E-state index contributed by atoms with van der Waals surface area (Å²) in [6.07, 6.45) is -2.73. The van der Waals surface area contributed by atoms with E-state index in [1.165, 1.54) is 20.3 Å². The van der Waals surface area contributed by atoms with E-state index in [9.17, 15) is 26.4 Å². The summed E-state index contributed by atoms with van der Waals surface area (Å²) >= 11 is 0. The molecule has 0 aliphatic carbocycles. The topological polar surface area (TPSA) is 102 Å². The van der Waals surface area contributed by atoms with Gasteiger partial charge in [0, 0.05) is 11.8 Å². The van der Waals surface area contributed by atoms with E-state index in [1.54, 1.807) is 0 Å². The smallest absolute Gasteiger partial charge is 0.416 e. The van der Waals surface area contributed by atoms with Gasteiger partial charge in [0.25, 0.3) is 10.0 Å². The number of nitrogens with one attached hydrogen (secondary N) is 1. The van der Waals surface area contributed by atoms with E-state index < -0.39 is 32.6 Å². The molecule has 7 nitrogen and oxygen atoms in total. The van der Waals surface area contributed by atoms with E-state index in [0.717, 1.165) is 36.4 Å². The Morgan fingerprint density at radius 1 is 1.14 bits per heavy atom. The van der Waals surface area contributed by atoms with Crippen molar-refractivity contribution in [2.45, 2.75) is 11.1 Å². The van der Waals surface area contributed by atoms with Crippen molar-refractivity contribution in [1.82, 2.24) is 0 Å². The van der Waals surface area contributed by atoms with Gasteiger partial charge in [-0.05, 0) is 42.0 Å². The molecule has 11 heteroatoms. The molecule has 0 bridgehead atoms. The van der Waals surface area contributed by atoms with E-state index in [1.807, 2.05) is 0 Å². The zero-order chi connectivity index (χ0) is 21.8. The molecule has 2 N–H and O–H groups in total. The molecule has 0 amide bonds. The van der Waals surface area contributed by atoms with Gasteiger partial charge in [0.05, 0.1) is 19.8 Å². The first-order valence-electron chi connectivity index (χ1n) is 7.85. The zero-order valence-electron chi connectivity index (χ0n) is 15.1. The number of benzene rings is 2. The number of hydrogen-bond acceptors (Lipinski definition) is 5. The van der Waals surface area contributed by atoms with Crippen molar-refractivity contribution in [3.05, 3.63) is 53.6 Å². The Morgan fingerprint density at radius 2 is 1.83 bits per heavy atom. The molecule has 0 heterocycles. The van der Waals surface area contributed by atoms with Gasteiger partial charge >= 0.3 is 12.1 Å². The van der Waals surface area contributed by atoms with Crippen LogP contribution in [0, 0.1) is 0 Å². The highest BCUT2D eigenvalue weighted by Gasteiger charge is 2.31. The Morgan fingerprint density at radius 3 is 2.38 bits per heavy atom. The van der Waals surface area contributed by atoms with Crippen LogP contribution in [0.1, 0.15) is 11.1 Å². The van der Waals surface area contributed by atoms with Crippen LogP contribution in [0.5, 0.6) is 11.5 Å². The molecule has 0 fully saturated rings. The summed E-state index contributed by atoms with van der Waals surface area (Å²) in [5.41, 5.74) is -1.18. The first-order valence-corrected chi connectivity index (χ1v) is 9.33. The largest absolute Gasteiger partial charge is 0.493 e. The average molecular weight is 431 g/mol. The van der Waals surface area contributed by atoms with E-state index in [0.29, 0.717) is 6.07 Å². The summed E-state index contributed by atoms with van der Waals surface area (Å²) in [6, 6.07) is 6.13. The SMILES string of the molecule is COc1cc(/C=C/C(=O)O)cc(S(=O)(=O)Nc2cccc(C(F)(F)F)c2)c1OC. The van der Waals surface area contributed by atoms with Gasteiger partial charge in [-0.25, -0.2) is 13.2 Å². The van der Waals surface area contributed by atoms with Crippen molar-refractivity contribution in [2.24, 2.45) is 0 Å². The number of halogens is 3.